The van der Waals surface area contributed by atoms with Crippen LogP contribution in [0.2, 0.25) is 0 Å². The summed E-state index contributed by atoms with van der Waals surface area (Å²) in [6.45, 7) is 6.68. The number of nitrogens with one attached hydrogen (secondary N) is 2. The summed E-state index contributed by atoms with van der Waals surface area (Å²) < 4.78 is 10.2. The molecule has 0 unspecified atom stereocenters. The first-order chi connectivity index (χ1) is 18.6. The molecule has 0 aliphatic rings. The van der Waals surface area contributed by atoms with E-state index in [2.05, 4.69) is 10.3 Å². The molecule has 0 amide bonds. The van der Waals surface area contributed by atoms with Crippen LogP contribution in [0.15, 0.2) is 77.8 Å². The van der Waals surface area contributed by atoms with Crippen LogP contribution in [0.4, 0.5) is 5.69 Å². The van der Waals surface area contributed by atoms with Gasteiger partial charge in [-0.2, -0.15) is 0 Å². The second-order valence-electron chi connectivity index (χ2n) is 10.1. The Kier molecular flexibility index (Phi) is 8.46. The summed E-state index contributed by atoms with van der Waals surface area (Å²) in [6, 6.07) is 22.5. The average Bonchev–Trinajstić information content (AvgIpc) is 3.24. The molecule has 0 fully saturated rings. The molecule has 4 rings (SSSR count). The number of hydrogen-bond donors (Lipinski definition) is 3. The van der Waals surface area contributed by atoms with Gasteiger partial charge in [0.15, 0.2) is 5.88 Å². The predicted molar refractivity (Wildman–Crippen MR) is 152 cm³/mol. The summed E-state index contributed by atoms with van der Waals surface area (Å²) in [7, 11) is 1.33. The zero-order valence-electron chi connectivity index (χ0n) is 22.6. The van der Waals surface area contributed by atoms with Gasteiger partial charge >= 0.3 is 11.9 Å². The smallest absolute Gasteiger partial charge is 0.337 e. The van der Waals surface area contributed by atoms with Gasteiger partial charge in [0.2, 0.25) is 0 Å². The highest BCUT2D eigenvalue weighted by Gasteiger charge is 2.20. The Morgan fingerprint density at radius 2 is 1.69 bits per heavy atom. The van der Waals surface area contributed by atoms with Gasteiger partial charge in [0, 0.05) is 29.6 Å². The minimum absolute atomic E-state index is 0.0413. The number of aromatic hydroxyl groups is 1. The van der Waals surface area contributed by atoms with Crippen molar-refractivity contribution in [3.63, 3.8) is 0 Å². The lowest BCUT2D eigenvalue weighted by Crippen LogP contribution is -2.26. The molecule has 0 aliphatic heterocycles. The fourth-order valence-corrected chi connectivity index (χ4v) is 4.16. The summed E-state index contributed by atoms with van der Waals surface area (Å²) in [4.78, 5) is 31.7. The third-order valence-electron chi connectivity index (χ3n) is 5.92. The number of benzene rings is 3. The van der Waals surface area contributed by atoms with Gasteiger partial charge in [-0.15, -0.1) is 0 Å². The second kappa shape index (κ2) is 12.0. The maximum atomic E-state index is 12.0. The summed E-state index contributed by atoms with van der Waals surface area (Å²) in [6.07, 6.45) is 0.301. The molecule has 1 aromatic heterocycles. The van der Waals surface area contributed by atoms with E-state index in [1.165, 1.54) is 7.11 Å². The number of aliphatic imine (C=N–C) groups is 1. The third kappa shape index (κ3) is 7.12. The summed E-state index contributed by atoms with van der Waals surface area (Å²) in [5.74, 6) is -0.723. The van der Waals surface area contributed by atoms with Crippen molar-refractivity contribution in [2.45, 2.75) is 39.3 Å². The lowest BCUT2D eigenvalue weighted by Gasteiger charge is -2.19. The normalized spacial score (nSPS) is 11.9. The molecule has 202 valence electrons. The Morgan fingerprint density at radius 3 is 2.36 bits per heavy atom. The van der Waals surface area contributed by atoms with Crippen molar-refractivity contribution in [1.82, 2.24) is 10.3 Å². The Bertz CT molecular complexity index is 1480. The van der Waals surface area contributed by atoms with E-state index in [0.717, 1.165) is 16.5 Å². The van der Waals surface area contributed by atoms with Gasteiger partial charge in [-0.05, 0) is 50.6 Å². The van der Waals surface area contributed by atoms with Crippen molar-refractivity contribution in [2.24, 2.45) is 4.99 Å². The highest BCUT2D eigenvalue weighted by atomic mass is 16.6. The van der Waals surface area contributed by atoms with E-state index in [1.54, 1.807) is 18.2 Å². The van der Waals surface area contributed by atoms with Crippen molar-refractivity contribution in [3.8, 4) is 5.88 Å². The first-order valence-corrected chi connectivity index (χ1v) is 12.7. The summed E-state index contributed by atoms with van der Waals surface area (Å²) in [5, 5.41) is 14.9. The number of carbonyl (C=O) groups excluding carboxylic acids is 2. The van der Waals surface area contributed by atoms with Gasteiger partial charge in [-0.3, -0.25) is 4.79 Å². The molecule has 39 heavy (non-hydrogen) atoms. The van der Waals surface area contributed by atoms with Crippen LogP contribution >= 0.6 is 0 Å². The lowest BCUT2D eigenvalue weighted by molar-refractivity contribution is -0.154. The topological polar surface area (TPSA) is 113 Å². The number of fused-ring (bicyclic) bond motifs is 1. The Labute approximate surface area is 227 Å². The highest BCUT2D eigenvalue weighted by molar-refractivity contribution is 6.22. The molecule has 0 aliphatic carbocycles. The van der Waals surface area contributed by atoms with Crippen LogP contribution in [0.5, 0.6) is 5.88 Å². The first kappa shape index (κ1) is 27.6. The zero-order chi connectivity index (χ0) is 28.0. The quantitative estimate of drug-likeness (QED) is 0.147. The van der Waals surface area contributed by atoms with Crippen LogP contribution in [0.1, 0.15) is 54.2 Å². The molecular weight excluding hydrogens is 494 g/mol. The number of ether oxygens (including phenoxy) is 2. The molecule has 0 spiro atoms. The number of methoxy groups -OCH3 is 1. The Morgan fingerprint density at radius 1 is 0.974 bits per heavy atom. The standard InChI is InChI=1S/C31H33N3O5/c1-31(2,3)39-26(35)16-17-32-19-20-10-13-23(14-11-20)33-28(21-8-6-5-7-9-21)27-24-15-12-22(30(37)38-4)18-25(24)34-29(27)36/h5-15,18,32,34,36H,16-17,19H2,1-4H3. The number of hydrogen-bond acceptors (Lipinski definition) is 7. The van der Waals surface area contributed by atoms with Crippen LogP contribution in [0.3, 0.4) is 0 Å². The number of carbonyl (C=O) groups is 2. The Hall–Kier alpha value is -4.43. The van der Waals surface area contributed by atoms with Gasteiger partial charge < -0.3 is 24.9 Å². The van der Waals surface area contributed by atoms with Crippen LogP contribution in [0.25, 0.3) is 10.9 Å². The van der Waals surface area contributed by atoms with E-state index in [4.69, 9.17) is 14.5 Å². The molecular formula is C31H33N3O5. The molecule has 0 saturated carbocycles. The molecule has 3 aromatic carbocycles. The maximum absolute atomic E-state index is 12.0. The van der Waals surface area contributed by atoms with Crippen molar-refractivity contribution < 1.29 is 24.2 Å². The molecule has 0 atom stereocenters. The van der Waals surface area contributed by atoms with E-state index < -0.39 is 11.6 Å². The first-order valence-electron chi connectivity index (χ1n) is 12.7. The summed E-state index contributed by atoms with van der Waals surface area (Å²) >= 11 is 0. The monoisotopic (exact) mass is 527 g/mol. The van der Waals surface area contributed by atoms with Gasteiger partial charge in [0.05, 0.1) is 36.1 Å². The predicted octanol–water partition coefficient (Wildman–Crippen LogP) is 5.65. The fraction of sp³-hybridized carbons (Fsp3) is 0.258. The van der Waals surface area contributed by atoms with Gasteiger partial charge in [0.25, 0.3) is 0 Å². The Balaban J connectivity index is 1.56. The average molecular weight is 528 g/mol. The number of esters is 2. The molecule has 0 saturated heterocycles. The van der Waals surface area contributed by atoms with E-state index in [9.17, 15) is 14.7 Å². The number of nitrogens with zero attached hydrogens (tertiary/aromatic N) is 1. The minimum atomic E-state index is -0.485. The van der Waals surface area contributed by atoms with E-state index in [-0.39, 0.29) is 11.8 Å². The fourth-order valence-electron chi connectivity index (χ4n) is 4.16. The molecule has 8 nitrogen and oxygen atoms in total. The number of aromatic nitrogens is 1. The van der Waals surface area contributed by atoms with Gasteiger partial charge in [-0.25, -0.2) is 9.79 Å². The molecule has 1 heterocycles. The SMILES string of the molecule is COC(=O)c1ccc2c(C(=Nc3ccc(CNCCC(=O)OC(C)(C)C)cc3)c3ccccc3)c(O)[nH]c2c1. The van der Waals surface area contributed by atoms with Gasteiger partial charge in [0.1, 0.15) is 5.60 Å². The van der Waals surface area contributed by atoms with Crippen molar-refractivity contribution in [2.75, 3.05) is 13.7 Å². The number of H-pyrrole nitrogens is 1. The number of aromatic amines is 1. The molecule has 4 aromatic rings. The highest BCUT2D eigenvalue weighted by Crippen LogP contribution is 2.32. The van der Waals surface area contributed by atoms with Gasteiger partial charge in [-0.1, -0.05) is 48.5 Å². The largest absolute Gasteiger partial charge is 0.494 e. The van der Waals surface area contributed by atoms with E-state index in [1.807, 2.05) is 75.4 Å². The van der Waals surface area contributed by atoms with Crippen molar-refractivity contribution >= 4 is 34.2 Å². The third-order valence-corrected chi connectivity index (χ3v) is 5.92. The van der Waals surface area contributed by atoms with Crippen LogP contribution < -0.4 is 5.32 Å². The van der Waals surface area contributed by atoms with E-state index in [0.29, 0.717) is 47.6 Å². The van der Waals surface area contributed by atoms with Crippen LogP contribution in [0, 0.1) is 0 Å². The van der Waals surface area contributed by atoms with Crippen LogP contribution in [-0.4, -0.2) is 47.0 Å². The van der Waals surface area contributed by atoms with E-state index >= 15 is 0 Å². The zero-order valence-corrected chi connectivity index (χ0v) is 22.6. The molecule has 0 radical (unpaired) electrons. The van der Waals surface area contributed by atoms with Crippen molar-refractivity contribution in [1.29, 1.82) is 0 Å². The van der Waals surface area contributed by atoms with Crippen LogP contribution in [-0.2, 0) is 20.8 Å². The maximum Gasteiger partial charge on any atom is 0.337 e. The second-order valence-corrected chi connectivity index (χ2v) is 10.1. The number of rotatable bonds is 9. The molecule has 8 heteroatoms. The van der Waals surface area contributed by atoms with Crippen molar-refractivity contribution in [3.05, 3.63) is 95.1 Å². The summed E-state index contributed by atoms with van der Waals surface area (Å²) in [5.41, 5.74) is 4.22. The minimum Gasteiger partial charge on any atom is -0.494 e. The lowest BCUT2D eigenvalue weighted by atomic mass is 10.00. The molecule has 0 bridgehead atoms. The molecule has 3 N–H and O–H groups in total.